The monoisotopic (exact) mass is 359 g/mol. The van der Waals surface area contributed by atoms with E-state index in [4.69, 9.17) is 0 Å². The first-order valence-corrected chi connectivity index (χ1v) is 9.42. The van der Waals surface area contributed by atoms with E-state index in [1.807, 2.05) is 6.92 Å². The predicted octanol–water partition coefficient (Wildman–Crippen LogP) is 2.48. The molecule has 2 amide bonds. The minimum Gasteiger partial charge on any atom is -0.353 e. The molecule has 1 atom stereocenters. The Kier molecular flexibility index (Phi) is 9.67. The lowest BCUT2D eigenvalue weighted by molar-refractivity contribution is -0.135. The molecule has 0 radical (unpaired) electrons. The predicted molar refractivity (Wildman–Crippen MR) is 99.3 cm³/mol. The van der Waals surface area contributed by atoms with Gasteiger partial charge in [0.05, 0.1) is 0 Å². The van der Waals surface area contributed by atoms with Gasteiger partial charge in [-0.25, -0.2) is 0 Å². The van der Waals surface area contributed by atoms with Gasteiger partial charge in [0.1, 0.15) is 0 Å². The second-order valence-electron chi connectivity index (χ2n) is 7.16. The number of piperidine rings is 1. The van der Waals surface area contributed by atoms with Crippen LogP contribution in [0.25, 0.3) is 0 Å². The largest absolute Gasteiger partial charge is 0.353 e. The van der Waals surface area contributed by atoms with Crippen molar-refractivity contribution in [2.24, 2.45) is 5.92 Å². The van der Waals surface area contributed by atoms with E-state index >= 15 is 0 Å². The highest BCUT2D eigenvalue weighted by Gasteiger charge is 2.27. The molecule has 2 rings (SSSR count). The maximum absolute atomic E-state index is 12.7. The van der Waals surface area contributed by atoms with Crippen LogP contribution in [0, 0.1) is 5.92 Å². The molecule has 6 heteroatoms. The molecule has 0 aromatic rings. The van der Waals surface area contributed by atoms with Gasteiger partial charge in [-0.15, -0.1) is 12.4 Å². The number of carbonyl (C=O) groups excluding carboxylic acids is 2. The van der Waals surface area contributed by atoms with E-state index < -0.39 is 0 Å². The molecule has 1 aliphatic heterocycles. The standard InChI is InChI=1S/C18H33N3O2.ClH/c1-3-12-21(16-8-10-19-11-9-16)17(22)13-14(2)20-18(23)15-6-4-5-7-15;/h14-16,19H,3-13H2,1-2H3,(H,20,23);1H. The highest BCUT2D eigenvalue weighted by atomic mass is 35.5. The number of nitrogens with one attached hydrogen (secondary N) is 2. The van der Waals surface area contributed by atoms with Crippen LogP contribution >= 0.6 is 12.4 Å². The number of rotatable bonds is 7. The van der Waals surface area contributed by atoms with Crippen molar-refractivity contribution in [3.8, 4) is 0 Å². The van der Waals surface area contributed by atoms with Gasteiger partial charge in [-0.3, -0.25) is 9.59 Å². The summed E-state index contributed by atoms with van der Waals surface area (Å²) in [6.07, 6.45) is 7.80. The average molecular weight is 360 g/mol. The third-order valence-corrected chi connectivity index (χ3v) is 5.13. The topological polar surface area (TPSA) is 61.4 Å². The van der Waals surface area contributed by atoms with E-state index in [9.17, 15) is 9.59 Å². The van der Waals surface area contributed by atoms with Crippen molar-refractivity contribution in [2.45, 2.75) is 77.3 Å². The van der Waals surface area contributed by atoms with Gasteiger partial charge >= 0.3 is 0 Å². The van der Waals surface area contributed by atoms with Gasteiger partial charge in [-0.1, -0.05) is 19.8 Å². The summed E-state index contributed by atoms with van der Waals surface area (Å²) in [5, 5.41) is 6.41. The Morgan fingerprint density at radius 3 is 2.38 bits per heavy atom. The maximum atomic E-state index is 12.7. The first kappa shape index (κ1) is 21.2. The third kappa shape index (κ3) is 6.25. The van der Waals surface area contributed by atoms with Crippen LogP contribution in [0.4, 0.5) is 0 Å². The molecular formula is C18H34ClN3O2. The molecule has 0 spiro atoms. The Balaban J connectivity index is 0.00000288. The minimum absolute atomic E-state index is 0. The van der Waals surface area contributed by atoms with Crippen LogP contribution in [-0.2, 0) is 9.59 Å². The summed E-state index contributed by atoms with van der Waals surface area (Å²) in [6.45, 7) is 6.88. The molecule has 1 unspecified atom stereocenters. The molecule has 0 bridgehead atoms. The van der Waals surface area contributed by atoms with Crippen LogP contribution in [0.3, 0.4) is 0 Å². The summed E-state index contributed by atoms with van der Waals surface area (Å²) in [5.74, 6) is 0.508. The van der Waals surface area contributed by atoms with Gasteiger partial charge in [-0.05, 0) is 52.1 Å². The van der Waals surface area contributed by atoms with E-state index in [2.05, 4.69) is 22.5 Å². The first-order chi connectivity index (χ1) is 11.1. The molecule has 1 saturated carbocycles. The highest BCUT2D eigenvalue weighted by molar-refractivity contribution is 5.85. The van der Waals surface area contributed by atoms with Crippen LogP contribution < -0.4 is 10.6 Å². The molecular weight excluding hydrogens is 326 g/mol. The van der Waals surface area contributed by atoms with Crippen LogP contribution in [-0.4, -0.2) is 48.4 Å². The number of carbonyl (C=O) groups is 2. The van der Waals surface area contributed by atoms with Crippen LogP contribution in [0.2, 0.25) is 0 Å². The third-order valence-electron chi connectivity index (χ3n) is 5.13. The summed E-state index contributed by atoms with van der Waals surface area (Å²) in [5.41, 5.74) is 0. The number of hydrogen-bond acceptors (Lipinski definition) is 3. The molecule has 1 aliphatic carbocycles. The van der Waals surface area contributed by atoms with E-state index in [-0.39, 0.29) is 36.2 Å². The van der Waals surface area contributed by atoms with Crippen molar-refractivity contribution in [1.29, 1.82) is 0 Å². The van der Waals surface area contributed by atoms with Gasteiger partial charge in [0.2, 0.25) is 11.8 Å². The maximum Gasteiger partial charge on any atom is 0.224 e. The second kappa shape index (κ2) is 10.9. The average Bonchev–Trinajstić information content (AvgIpc) is 3.07. The van der Waals surface area contributed by atoms with Crippen LogP contribution in [0.5, 0.6) is 0 Å². The molecule has 2 fully saturated rings. The number of amides is 2. The van der Waals surface area contributed by atoms with Gasteiger partial charge < -0.3 is 15.5 Å². The lowest BCUT2D eigenvalue weighted by atomic mass is 10.0. The van der Waals surface area contributed by atoms with E-state index in [0.29, 0.717) is 12.5 Å². The van der Waals surface area contributed by atoms with Crippen LogP contribution in [0.15, 0.2) is 0 Å². The second-order valence-corrected chi connectivity index (χ2v) is 7.16. The van der Waals surface area contributed by atoms with Crippen molar-refractivity contribution in [3.05, 3.63) is 0 Å². The van der Waals surface area contributed by atoms with Crippen molar-refractivity contribution in [2.75, 3.05) is 19.6 Å². The summed E-state index contributed by atoms with van der Waals surface area (Å²) >= 11 is 0. The number of nitrogens with zero attached hydrogens (tertiary/aromatic N) is 1. The van der Waals surface area contributed by atoms with Crippen molar-refractivity contribution < 1.29 is 9.59 Å². The fourth-order valence-electron chi connectivity index (χ4n) is 3.85. The van der Waals surface area contributed by atoms with Gasteiger partial charge in [0.15, 0.2) is 0 Å². The normalized spacial score (nSPS) is 20.2. The fourth-order valence-corrected chi connectivity index (χ4v) is 3.85. The van der Waals surface area contributed by atoms with E-state index in [1.165, 1.54) is 0 Å². The van der Waals surface area contributed by atoms with Crippen molar-refractivity contribution in [3.63, 3.8) is 0 Å². The molecule has 0 aromatic carbocycles. The van der Waals surface area contributed by atoms with E-state index in [1.54, 1.807) is 0 Å². The molecule has 2 aliphatic rings. The summed E-state index contributed by atoms with van der Waals surface area (Å²) in [6, 6.07) is 0.290. The molecule has 0 aromatic heterocycles. The Bertz CT molecular complexity index is 394. The summed E-state index contributed by atoms with van der Waals surface area (Å²) in [7, 11) is 0. The quantitative estimate of drug-likeness (QED) is 0.734. The smallest absolute Gasteiger partial charge is 0.224 e. The van der Waals surface area contributed by atoms with Gasteiger partial charge in [0, 0.05) is 31.0 Å². The molecule has 1 heterocycles. The minimum atomic E-state index is -0.0725. The number of halogens is 1. The SMILES string of the molecule is CCCN(C(=O)CC(C)NC(=O)C1CCCC1)C1CCNCC1.Cl. The number of hydrogen-bond donors (Lipinski definition) is 2. The van der Waals surface area contributed by atoms with Crippen molar-refractivity contribution >= 4 is 24.2 Å². The zero-order valence-corrected chi connectivity index (χ0v) is 16.0. The lowest BCUT2D eigenvalue weighted by Crippen LogP contribution is -2.48. The Labute approximate surface area is 152 Å². The molecule has 1 saturated heterocycles. The van der Waals surface area contributed by atoms with Gasteiger partial charge in [-0.2, -0.15) is 0 Å². The summed E-state index contributed by atoms with van der Waals surface area (Å²) < 4.78 is 0. The molecule has 140 valence electrons. The zero-order valence-electron chi connectivity index (χ0n) is 15.2. The Hall–Kier alpha value is -0.810. The van der Waals surface area contributed by atoms with Crippen molar-refractivity contribution in [1.82, 2.24) is 15.5 Å². The Morgan fingerprint density at radius 1 is 1.17 bits per heavy atom. The molecule has 24 heavy (non-hydrogen) atoms. The van der Waals surface area contributed by atoms with E-state index in [0.717, 1.165) is 64.6 Å². The van der Waals surface area contributed by atoms with Gasteiger partial charge in [0.25, 0.3) is 0 Å². The first-order valence-electron chi connectivity index (χ1n) is 9.42. The molecule has 5 nitrogen and oxygen atoms in total. The highest BCUT2D eigenvalue weighted by Crippen LogP contribution is 2.25. The zero-order chi connectivity index (χ0) is 16.7. The Morgan fingerprint density at radius 2 is 1.79 bits per heavy atom. The fraction of sp³-hybridized carbons (Fsp3) is 0.889. The molecule has 2 N–H and O–H groups in total. The lowest BCUT2D eigenvalue weighted by Gasteiger charge is -2.35. The van der Waals surface area contributed by atoms with Crippen LogP contribution in [0.1, 0.15) is 65.2 Å². The summed E-state index contributed by atoms with van der Waals surface area (Å²) in [4.78, 5) is 26.9.